The van der Waals surface area contributed by atoms with Crippen LogP contribution >= 0.6 is 15.8 Å². The Hall–Kier alpha value is -8.61. The second kappa shape index (κ2) is 38.9. The van der Waals surface area contributed by atoms with Gasteiger partial charge in [0.05, 0.1) is 53.1 Å². The molecule has 606 valence electrons. The number of aromatic nitrogens is 3. The van der Waals surface area contributed by atoms with Crippen molar-refractivity contribution in [1.82, 2.24) is 9.97 Å². The first kappa shape index (κ1) is 95.8. The van der Waals surface area contributed by atoms with Gasteiger partial charge in [-0.05, 0) is 108 Å². The van der Waals surface area contributed by atoms with E-state index in [1.165, 1.54) is 67.7 Å². The Morgan fingerprint density at radius 3 is 1.10 bits per heavy atom. The maximum Gasteiger partial charge on any atom is 0.430 e. The Bertz CT molecular complexity index is 4470. The van der Waals surface area contributed by atoms with Gasteiger partial charge < -0.3 is 30.0 Å². The van der Waals surface area contributed by atoms with E-state index in [-0.39, 0.29) is 68.3 Å². The molecule has 7 aromatic carbocycles. The largest absolute Gasteiger partial charge is 0.430 e. The fraction of sp³-hybridized carbons (Fsp3) is 0.230. The summed E-state index contributed by atoms with van der Waals surface area (Å²) in [6.07, 6.45) is -35.8. The first-order valence-electron chi connectivity index (χ1n) is 31.3. The number of aryl methyl sites for hydroxylation is 1. The summed E-state index contributed by atoms with van der Waals surface area (Å²) < 4.78 is 314. The number of hydrogen-bond acceptors (Lipinski definition) is 8. The molecule has 0 amide bonds. The van der Waals surface area contributed by atoms with Gasteiger partial charge in [-0.15, -0.1) is 36.4 Å². The van der Waals surface area contributed by atoms with Crippen molar-refractivity contribution >= 4 is 54.1 Å². The fourth-order valence-corrected chi connectivity index (χ4v) is 15.8. The monoisotopic (exact) mass is 2000 g/mol. The van der Waals surface area contributed by atoms with Crippen molar-refractivity contribution in [3.05, 3.63) is 275 Å². The fourth-order valence-electron chi connectivity index (χ4n) is 10.1. The van der Waals surface area contributed by atoms with Gasteiger partial charge in [0.1, 0.15) is 25.2 Å². The van der Waals surface area contributed by atoms with Crippen molar-refractivity contribution in [3.63, 3.8) is 0 Å². The van der Waals surface area contributed by atoms with Crippen LogP contribution in [-0.2, 0) is 65.8 Å². The Labute approximate surface area is 653 Å². The molecule has 2 radical (unpaired) electrons. The van der Waals surface area contributed by atoms with Crippen molar-refractivity contribution in [3.8, 4) is 33.8 Å². The van der Waals surface area contributed by atoms with E-state index >= 15 is 0 Å². The van der Waals surface area contributed by atoms with E-state index in [2.05, 4.69) is 16.0 Å². The number of hydrogen-bond donors (Lipinski definition) is 2. The molecule has 10 rings (SSSR count). The minimum atomic E-state index is -5.81. The predicted octanol–water partition coefficient (Wildman–Crippen LogP) is 18.5. The number of aliphatic hydroxyl groups is 2. The van der Waals surface area contributed by atoms with Crippen LogP contribution in [0.3, 0.4) is 0 Å². The molecule has 0 aliphatic rings. The van der Waals surface area contributed by atoms with E-state index in [9.17, 15) is 126 Å². The van der Waals surface area contributed by atoms with E-state index in [4.69, 9.17) is 0 Å². The molecule has 112 heavy (non-hydrogen) atoms. The molecule has 10 aromatic rings. The van der Waals surface area contributed by atoms with E-state index < -0.39 is 133 Å². The second-order valence-corrected chi connectivity index (χ2v) is 28.9. The Kier molecular flexibility index (Phi) is 33.3. The van der Waals surface area contributed by atoms with Gasteiger partial charge in [-0.1, -0.05) is 90.0 Å². The molecule has 0 spiro atoms. The van der Waals surface area contributed by atoms with Crippen molar-refractivity contribution in [2.75, 3.05) is 50.3 Å². The predicted molar refractivity (Wildman–Crippen MR) is 370 cm³/mol. The van der Waals surface area contributed by atoms with Crippen LogP contribution in [0.15, 0.2) is 213 Å². The van der Waals surface area contributed by atoms with Gasteiger partial charge in [0, 0.05) is 122 Å². The van der Waals surface area contributed by atoms with E-state index in [0.29, 0.717) is 50.8 Å². The first-order chi connectivity index (χ1) is 50.8. The summed E-state index contributed by atoms with van der Waals surface area (Å²) in [4.78, 5) is 20.9. The Morgan fingerprint density at radius 1 is 0.446 bits per heavy atom. The molecule has 0 aliphatic heterocycles. The summed E-state index contributed by atoms with van der Waals surface area (Å²) in [7, 11) is 3.82. The SMILES string of the molecule is CN(C)c1ccnc(-c2[c-]c(C(F)(F)F)ccc2F)c1.Cc1c(C(F)(F)F)ccc(F)c1-c1cc(N(C)C)cc[n+]1C.O=[N+]([O-])c1ccnc(-c2[c-]c(C(F)(F)F)ccc2F)c1.OC(C[PH+](c1ccccc1)c1ccccc1)(C(F)(F)F)C(F)(F)F.OC(C[PH+](c1ccccc1)c1ccccc1)(C(F)(F)F)C(F)(F)F.[Ir].[Ir]. The maximum atomic E-state index is 14.2. The van der Waals surface area contributed by atoms with Crippen LogP contribution in [0.25, 0.3) is 33.8 Å². The molecule has 0 unspecified atom stereocenters. The van der Waals surface area contributed by atoms with Gasteiger partial charge in [-0.3, -0.25) is 18.9 Å². The number of alkyl halides is 21. The Balaban J connectivity index is 0.000000294. The molecule has 0 bridgehead atoms. The topological polar surface area (TPSA) is 120 Å². The minimum Gasteiger partial charge on any atom is -0.378 e. The number of anilines is 2. The molecule has 3 aromatic heterocycles. The van der Waals surface area contributed by atoms with Crippen LogP contribution < -0.4 is 35.6 Å². The minimum absolute atomic E-state index is 0. The third-order valence-corrected chi connectivity index (χ3v) is 21.8. The van der Waals surface area contributed by atoms with Crippen molar-refractivity contribution < 1.29 is 165 Å². The van der Waals surface area contributed by atoms with Gasteiger partial charge in [-0.2, -0.15) is 92.2 Å². The van der Waals surface area contributed by atoms with Crippen molar-refractivity contribution in [1.29, 1.82) is 0 Å². The van der Waals surface area contributed by atoms with Gasteiger partial charge >= 0.3 is 43.2 Å². The van der Waals surface area contributed by atoms with Gasteiger partial charge in [0.2, 0.25) is 5.69 Å². The van der Waals surface area contributed by atoms with Crippen LogP contribution in [0.1, 0.15) is 22.3 Å². The second-order valence-electron chi connectivity index (χ2n) is 24.0. The summed E-state index contributed by atoms with van der Waals surface area (Å²) in [6.45, 7) is 1.30. The zero-order valence-electron chi connectivity index (χ0n) is 58.3. The molecule has 0 aliphatic carbocycles. The summed E-state index contributed by atoms with van der Waals surface area (Å²) in [5.74, 6) is -2.45. The van der Waals surface area contributed by atoms with Crippen LogP contribution in [0, 0.1) is 46.6 Å². The molecule has 0 fully saturated rings. The number of nitrogens with zero attached hydrogens (tertiary/aromatic N) is 6. The average Bonchev–Trinajstić information content (AvgIpc) is 0.766. The number of benzene rings is 7. The number of pyridine rings is 3. The molecule has 10 nitrogen and oxygen atoms in total. The van der Waals surface area contributed by atoms with Crippen LogP contribution in [0.4, 0.5) is 122 Å². The third-order valence-electron chi connectivity index (χ3n) is 16.0. The van der Waals surface area contributed by atoms with Crippen molar-refractivity contribution in [2.45, 2.75) is 61.4 Å². The van der Waals surface area contributed by atoms with Crippen LogP contribution in [-0.4, -0.2) is 102 Å². The standard InChI is InChI=1S/2C16H13F6OP.C16H17F4N2.C14H11F4N2.C12H5F4N2O2.2Ir/c2*17-15(18,19)14(23,16(20,21)22)11-24(12-7-3-1-4-8-12)13-9-5-2-6-10-13;1-10-12(16(18,19)20)5-6-13(17)15(10)14-9-11(21(2)3)7-8-22(14)4;1-20(2)10-5-6-19-13(8-10)11-7-9(14(16,17)18)3-4-12(11)15;13-10-2-1-7(12(14,15)16)5-9(10)11-6-8(18(19)20)3-4-17-11;;/h2*1-10,23H,11H2;5-9H,1-4H3;3-6,8H,1-2H3;1-4,6H;;/q;;+1;2*-1;;/p+2. The van der Waals surface area contributed by atoms with Gasteiger partial charge in [0.15, 0.2) is 6.20 Å². The molecule has 0 atom stereocenters. The van der Waals surface area contributed by atoms with Crippen molar-refractivity contribution in [2.24, 2.45) is 7.05 Å². The average molecular weight is 2000 g/mol. The molecule has 3 heterocycles. The normalized spacial score (nSPS) is 12.1. The van der Waals surface area contributed by atoms with Gasteiger partial charge in [0.25, 0.3) is 16.9 Å². The number of nitro groups is 1. The van der Waals surface area contributed by atoms with E-state index in [1.54, 1.807) is 122 Å². The zero-order chi connectivity index (χ0) is 82.5. The number of rotatable bonds is 14. The smallest absolute Gasteiger partial charge is 0.378 e. The zero-order valence-corrected chi connectivity index (χ0v) is 65.0. The summed E-state index contributed by atoms with van der Waals surface area (Å²) in [6, 6.07) is 47.4. The van der Waals surface area contributed by atoms with Gasteiger partial charge in [-0.25, -0.2) is 8.96 Å². The summed E-state index contributed by atoms with van der Waals surface area (Å²) in [5.41, 5.74) is -12.2. The molecule has 38 heteroatoms. The molecular formula is C74H61F24Ir2N6O4P2+. The van der Waals surface area contributed by atoms with E-state index in [0.717, 1.165) is 42.2 Å². The van der Waals surface area contributed by atoms with E-state index in [1.807, 2.05) is 31.1 Å². The Morgan fingerprint density at radius 2 is 0.777 bits per heavy atom. The van der Waals surface area contributed by atoms with Crippen LogP contribution in [0.5, 0.6) is 0 Å². The molecule has 0 saturated heterocycles. The first-order valence-corrected chi connectivity index (χ1v) is 34.8. The number of halogens is 24. The summed E-state index contributed by atoms with van der Waals surface area (Å²) >= 11 is 0. The van der Waals surface area contributed by atoms with Crippen LogP contribution in [0.2, 0.25) is 0 Å². The molecular weight excluding hydrogens is 1940 g/mol. The summed E-state index contributed by atoms with van der Waals surface area (Å²) in [5, 5.41) is 31.1. The molecule has 0 saturated carbocycles. The quantitative estimate of drug-likeness (QED) is 0.0276. The maximum absolute atomic E-state index is 14.2. The molecule has 2 N–H and O–H groups in total. The third kappa shape index (κ3) is 24.7.